The van der Waals surface area contributed by atoms with Crippen molar-refractivity contribution in [1.29, 1.82) is 0 Å². The summed E-state index contributed by atoms with van der Waals surface area (Å²) in [7, 11) is 0. The Morgan fingerprint density at radius 3 is 2.76 bits per heavy atom. The molecule has 5 heteroatoms. The predicted molar refractivity (Wildman–Crippen MR) is 90.0 cm³/mol. The van der Waals surface area contributed by atoms with Crippen LogP contribution in [0.15, 0.2) is 41.0 Å². The van der Waals surface area contributed by atoms with Gasteiger partial charge in [-0.15, -0.1) is 0 Å². The molecule has 0 saturated heterocycles. The van der Waals surface area contributed by atoms with E-state index < -0.39 is 0 Å². The van der Waals surface area contributed by atoms with E-state index in [-0.39, 0.29) is 5.78 Å². The number of ketones is 1. The minimum Gasteiger partial charge on any atom is -0.398 e. The lowest BCUT2D eigenvalue weighted by atomic mass is 9.98. The molecule has 0 fully saturated rings. The van der Waals surface area contributed by atoms with Gasteiger partial charge in [0, 0.05) is 43.4 Å². The average molecular weight is 364 g/mol. The maximum Gasteiger partial charge on any atom is 0.195 e. The molecule has 0 aliphatic carbocycles. The quantitative estimate of drug-likeness (QED) is 0.512. The molecule has 0 saturated carbocycles. The number of aromatic amines is 1. The Hall–Kier alpha value is -1.78. The lowest BCUT2D eigenvalue weighted by molar-refractivity contribution is 0.103. The number of hydrogen-bond acceptors (Lipinski definition) is 2. The van der Waals surface area contributed by atoms with Crippen molar-refractivity contribution in [3.63, 3.8) is 0 Å². The first-order valence-corrected chi connectivity index (χ1v) is 7.51. The molecule has 106 valence electrons. The molecule has 1 heterocycles. The number of halogens is 2. The van der Waals surface area contributed by atoms with Crippen molar-refractivity contribution in [2.45, 2.75) is 6.92 Å². The van der Waals surface area contributed by atoms with Crippen LogP contribution in [0, 0.1) is 6.92 Å². The summed E-state index contributed by atoms with van der Waals surface area (Å²) in [4.78, 5) is 15.9. The van der Waals surface area contributed by atoms with Gasteiger partial charge in [-0.1, -0.05) is 27.5 Å². The second kappa shape index (κ2) is 5.20. The van der Waals surface area contributed by atoms with E-state index >= 15 is 0 Å². The first-order valence-electron chi connectivity index (χ1n) is 6.34. The van der Waals surface area contributed by atoms with Gasteiger partial charge in [-0.05, 0) is 42.8 Å². The molecule has 3 nitrogen and oxygen atoms in total. The van der Waals surface area contributed by atoms with Gasteiger partial charge in [-0.2, -0.15) is 0 Å². The molecular weight excluding hydrogens is 352 g/mol. The maximum atomic E-state index is 12.8. The van der Waals surface area contributed by atoms with E-state index in [1.807, 2.05) is 13.0 Å². The third-order valence-corrected chi connectivity index (χ3v) is 4.24. The zero-order valence-electron chi connectivity index (χ0n) is 11.2. The van der Waals surface area contributed by atoms with Gasteiger partial charge >= 0.3 is 0 Å². The number of nitrogens with two attached hydrogens (primary N) is 1. The highest BCUT2D eigenvalue weighted by molar-refractivity contribution is 9.10. The fraction of sp³-hybridized carbons (Fsp3) is 0.0625. The number of nitrogen functional groups attached to an aromatic ring is 1. The number of aromatic nitrogens is 1. The van der Waals surface area contributed by atoms with Crippen LogP contribution in [0.4, 0.5) is 5.69 Å². The summed E-state index contributed by atoms with van der Waals surface area (Å²) in [5, 5.41) is 1.41. The molecule has 0 radical (unpaired) electrons. The van der Waals surface area contributed by atoms with Crippen LogP contribution in [0.3, 0.4) is 0 Å². The number of hydrogen-bond donors (Lipinski definition) is 2. The van der Waals surface area contributed by atoms with E-state index in [1.165, 1.54) is 0 Å². The van der Waals surface area contributed by atoms with Crippen molar-refractivity contribution >= 4 is 49.9 Å². The van der Waals surface area contributed by atoms with Crippen molar-refractivity contribution in [3.05, 3.63) is 62.7 Å². The van der Waals surface area contributed by atoms with E-state index in [9.17, 15) is 4.79 Å². The number of benzene rings is 2. The van der Waals surface area contributed by atoms with E-state index in [1.54, 1.807) is 30.5 Å². The molecule has 21 heavy (non-hydrogen) atoms. The number of nitrogens with one attached hydrogen (secondary N) is 1. The minimum atomic E-state index is -0.0750. The van der Waals surface area contributed by atoms with Gasteiger partial charge in [0.2, 0.25) is 0 Å². The van der Waals surface area contributed by atoms with Crippen LogP contribution in [0.1, 0.15) is 21.5 Å². The molecule has 1 aromatic heterocycles. The number of anilines is 1. The molecule has 0 bridgehead atoms. The predicted octanol–water partition coefficient (Wildman–Crippen LogP) is 4.71. The van der Waals surface area contributed by atoms with Crippen molar-refractivity contribution in [2.75, 3.05) is 5.73 Å². The molecule has 0 unspecified atom stereocenters. The molecule has 2 aromatic carbocycles. The molecule has 0 amide bonds. The molecule has 0 aliphatic heterocycles. The van der Waals surface area contributed by atoms with Crippen LogP contribution in [-0.2, 0) is 0 Å². The molecule has 0 atom stereocenters. The van der Waals surface area contributed by atoms with Crippen molar-refractivity contribution in [2.24, 2.45) is 0 Å². The zero-order valence-corrected chi connectivity index (χ0v) is 13.5. The smallest absolute Gasteiger partial charge is 0.195 e. The van der Waals surface area contributed by atoms with Crippen LogP contribution in [0.25, 0.3) is 10.9 Å². The number of carbonyl (C=O) groups is 1. The van der Waals surface area contributed by atoms with E-state index in [0.717, 1.165) is 20.9 Å². The lowest BCUT2D eigenvalue weighted by Crippen LogP contribution is -2.05. The number of rotatable bonds is 2. The third-order valence-electron chi connectivity index (χ3n) is 3.55. The summed E-state index contributed by atoms with van der Waals surface area (Å²) in [6.45, 7) is 1.84. The van der Waals surface area contributed by atoms with E-state index in [0.29, 0.717) is 21.8 Å². The monoisotopic (exact) mass is 362 g/mol. The summed E-state index contributed by atoms with van der Waals surface area (Å²) < 4.78 is 0.784. The topological polar surface area (TPSA) is 58.9 Å². The first kappa shape index (κ1) is 14.2. The standard InChI is InChI=1S/C16H12BrClN2O/c1-8-11(4-9(17)5-14(8)19)16(21)13-7-20-15-3-2-10(18)6-12(13)15/h2-7,20H,19H2,1H3. The van der Waals surface area contributed by atoms with Gasteiger partial charge in [0.15, 0.2) is 5.78 Å². The van der Waals surface area contributed by atoms with Crippen molar-refractivity contribution < 1.29 is 4.79 Å². The van der Waals surface area contributed by atoms with Gasteiger partial charge in [0.1, 0.15) is 0 Å². The van der Waals surface area contributed by atoms with Gasteiger partial charge < -0.3 is 10.7 Å². The lowest BCUT2D eigenvalue weighted by Gasteiger charge is -2.08. The fourth-order valence-electron chi connectivity index (χ4n) is 2.36. The minimum absolute atomic E-state index is 0.0750. The molecule has 0 aliphatic rings. The third kappa shape index (κ3) is 2.45. The van der Waals surface area contributed by atoms with Crippen LogP contribution in [0.2, 0.25) is 5.02 Å². The Balaban J connectivity index is 2.19. The second-order valence-electron chi connectivity index (χ2n) is 4.89. The zero-order chi connectivity index (χ0) is 15.1. The maximum absolute atomic E-state index is 12.8. The van der Waals surface area contributed by atoms with Crippen LogP contribution >= 0.6 is 27.5 Å². The average Bonchev–Trinajstić information content (AvgIpc) is 2.85. The number of fused-ring (bicyclic) bond motifs is 1. The second-order valence-corrected chi connectivity index (χ2v) is 6.24. The summed E-state index contributed by atoms with van der Waals surface area (Å²) in [6.07, 6.45) is 1.71. The van der Waals surface area contributed by atoms with Crippen LogP contribution in [-0.4, -0.2) is 10.8 Å². The molecule has 3 N–H and O–H groups in total. The summed E-state index contributed by atoms with van der Waals surface area (Å²) in [5.41, 5.74) is 9.36. The Morgan fingerprint density at radius 1 is 1.24 bits per heavy atom. The fourth-order valence-corrected chi connectivity index (χ4v) is 3.01. The Morgan fingerprint density at radius 2 is 2.00 bits per heavy atom. The highest BCUT2D eigenvalue weighted by atomic mass is 79.9. The first-order chi connectivity index (χ1) is 9.97. The molecule has 3 aromatic rings. The normalized spacial score (nSPS) is 11.0. The Labute approximate surface area is 135 Å². The molecule has 0 spiro atoms. The van der Waals surface area contributed by atoms with Gasteiger partial charge in [-0.25, -0.2) is 0 Å². The van der Waals surface area contributed by atoms with Crippen LogP contribution in [0.5, 0.6) is 0 Å². The van der Waals surface area contributed by atoms with Gasteiger partial charge in [-0.3, -0.25) is 4.79 Å². The van der Waals surface area contributed by atoms with Gasteiger partial charge in [0.05, 0.1) is 0 Å². The summed E-state index contributed by atoms with van der Waals surface area (Å²) >= 11 is 9.41. The van der Waals surface area contributed by atoms with Crippen molar-refractivity contribution in [3.8, 4) is 0 Å². The largest absolute Gasteiger partial charge is 0.398 e. The van der Waals surface area contributed by atoms with E-state index in [2.05, 4.69) is 20.9 Å². The van der Waals surface area contributed by atoms with Crippen LogP contribution < -0.4 is 5.73 Å². The van der Waals surface area contributed by atoms with Gasteiger partial charge in [0.25, 0.3) is 0 Å². The number of carbonyl (C=O) groups excluding carboxylic acids is 1. The highest BCUT2D eigenvalue weighted by Crippen LogP contribution is 2.28. The number of H-pyrrole nitrogens is 1. The van der Waals surface area contributed by atoms with Crippen molar-refractivity contribution in [1.82, 2.24) is 4.98 Å². The SMILES string of the molecule is Cc1c(N)cc(Br)cc1C(=O)c1c[nH]c2ccc(Cl)cc12. The summed E-state index contributed by atoms with van der Waals surface area (Å²) in [5.74, 6) is -0.0750. The Bertz CT molecular complexity index is 870. The van der Waals surface area contributed by atoms with E-state index in [4.69, 9.17) is 17.3 Å². The molecule has 3 rings (SSSR count). The summed E-state index contributed by atoms with van der Waals surface area (Å²) in [6, 6.07) is 9.01. The Kier molecular flexibility index (Phi) is 3.51. The molecular formula is C16H12BrClN2O. The highest BCUT2D eigenvalue weighted by Gasteiger charge is 2.18.